The minimum absolute atomic E-state index is 0.220. The summed E-state index contributed by atoms with van der Waals surface area (Å²) in [6.07, 6.45) is -3.17. The van der Waals surface area contributed by atoms with Crippen LogP contribution in [0.3, 0.4) is 0 Å². The van der Waals surface area contributed by atoms with E-state index in [0.29, 0.717) is 6.07 Å². The number of hydrogen-bond donors (Lipinski definition) is 0. The highest BCUT2D eigenvalue weighted by atomic mass is 35.5. The average Bonchev–Trinajstić information content (AvgIpc) is 2.10. The van der Waals surface area contributed by atoms with Gasteiger partial charge < -0.3 is 0 Å². The molecule has 0 fully saturated rings. The summed E-state index contributed by atoms with van der Waals surface area (Å²) >= 11 is 5.36. The molecule has 0 atom stereocenters. The zero-order valence-corrected chi connectivity index (χ0v) is 7.52. The second-order valence-corrected chi connectivity index (χ2v) is 2.79. The Kier molecular flexibility index (Phi) is 3.31. The fourth-order valence-corrected chi connectivity index (χ4v) is 1.11. The lowest BCUT2D eigenvalue weighted by atomic mass is 10.2. The van der Waals surface area contributed by atoms with Gasteiger partial charge in [-0.3, -0.25) is 0 Å². The SMILES string of the molecule is N#CCc1nc(Cl)c(C(F)F)cc1F. The van der Waals surface area contributed by atoms with E-state index in [-0.39, 0.29) is 12.1 Å². The van der Waals surface area contributed by atoms with E-state index in [9.17, 15) is 13.2 Å². The van der Waals surface area contributed by atoms with Crippen molar-refractivity contribution < 1.29 is 13.2 Å². The second kappa shape index (κ2) is 4.29. The summed E-state index contributed by atoms with van der Waals surface area (Å²) < 4.78 is 37.3. The van der Waals surface area contributed by atoms with E-state index in [0.717, 1.165) is 0 Å². The van der Waals surface area contributed by atoms with Gasteiger partial charge in [0.2, 0.25) is 0 Å². The summed E-state index contributed by atoms with van der Waals surface area (Å²) in [5.41, 5.74) is -0.882. The van der Waals surface area contributed by atoms with Crippen molar-refractivity contribution in [3.63, 3.8) is 0 Å². The summed E-state index contributed by atoms with van der Waals surface area (Å²) in [5.74, 6) is -0.939. The van der Waals surface area contributed by atoms with Gasteiger partial charge in [0.15, 0.2) is 0 Å². The number of halogens is 4. The smallest absolute Gasteiger partial charge is 0.236 e. The highest BCUT2D eigenvalue weighted by Gasteiger charge is 2.17. The summed E-state index contributed by atoms with van der Waals surface area (Å²) in [6.45, 7) is 0. The lowest BCUT2D eigenvalue weighted by Gasteiger charge is -2.04. The van der Waals surface area contributed by atoms with Gasteiger partial charge >= 0.3 is 0 Å². The highest BCUT2D eigenvalue weighted by Crippen LogP contribution is 2.26. The van der Waals surface area contributed by atoms with Crippen LogP contribution in [0.4, 0.5) is 13.2 Å². The third kappa shape index (κ3) is 2.15. The minimum atomic E-state index is -2.87. The molecule has 0 N–H and O–H groups in total. The predicted octanol–water partition coefficient (Wildman–Crippen LogP) is 2.88. The molecular weight excluding hydrogens is 217 g/mol. The zero-order chi connectivity index (χ0) is 10.7. The number of nitriles is 1. The molecular formula is C8H4ClF3N2. The van der Waals surface area contributed by atoms with Crippen molar-refractivity contribution in [1.29, 1.82) is 5.26 Å². The van der Waals surface area contributed by atoms with Crippen molar-refractivity contribution in [2.75, 3.05) is 0 Å². The third-order valence-corrected chi connectivity index (χ3v) is 1.81. The number of nitrogens with zero attached hydrogens (tertiary/aromatic N) is 2. The lowest BCUT2D eigenvalue weighted by molar-refractivity contribution is 0.150. The average molecular weight is 221 g/mol. The van der Waals surface area contributed by atoms with Crippen LogP contribution >= 0.6 is 11.6 Å². The molecule has 0 bridgehead atoms. The molecule has 0 saturated heterocycles. The van der Waals surface area contributed by atoms with E-state index in [4.69, 9.17) is 16.9 Å². The number of pyridine rings is 1. The van der Waals surface area contributed by atoms with Crippen LogP contribution in [0, 0.1) is 17.1 Å². The van der Waals surface area contributed by atoms with E-state index < -0.39 is 23.0 Å². The molecule has 0 radical (unpaired) electrons. The summed E-state index contributed by atoms with van der Waals surface area (Å²) in [4.78, 5) is 3.37. The molecule has 0 saturated carbocycles. The van der Waals surface area contributed by atoms with Crippen LogP contribution in [-0.2, 0) is 6.42 Å². The Labute approximate surface area is 82.9 Å². The molecule has 1 heterocycles. The Hall–Kier alpha value is -1.28. The largest absolute Gasteiger partial charge is 0.266 e. The fraction of sp³-hybridized carbons (Fsp3) is 0.250. The van der Waals surface area contributed by atoms with E-state index in [2.05, 4.69) is 4.98 Å². The third-order valence-electron chi connectivity index (χ3n) is 1.51. The van der Waals surface area contributed by atoms with Crippen molar-refractivity contribution >= 4 is 11.6 Å². The topological polar surface area (TPSA) is 36.7 Å². The Morgan fingerprint density at radius 3 is 2.71 bits per heavy atom. The van der Waals surface area contributed by atoms with Crippen molar-refractivity contribution in [3.8, 4) is 6.07 Å². The number of aromatic nitrogens is 1. The van der Waals surface area contributed by atoms with Crippen LogP contribution in [0.25, 0.3) is 0 Å². The molecule has 14 heavy (non-hydrogen) atoms. The molecule has 0 unspecified atom stereocenters. The molecule has 1 aromatic rings. The fourth-order valence-electron chi connectivity index (χ4n) is 0.868. The molecule has 6 heteroatoms. The molecule has 0 aromatic carbocycles. The molecule has 0 amide bonds. The van der Waals surface area contributed by atoms with Crippen LogP contribution in [0.15, 0.2) is 6.07 Å². The molecule has 0 aliphatic rings. The number of rotatable bonds is 2. The summed E-state index contributed by atoms with van der Waals surface area (Å²) in [7, 11) is 0. The van der Waals surface area contributed by atoms with Gasteiger partial charge in [-0.25, -0.2) is 18.2 Å². The normalized spacial score (nSPS) is 10.3. The Bertz CT molecular complexity index is 387. The van der Waals surface area contributed by atoms with Crippen LogP contribution in [0.2, 0.25) is 5.15 Å². The van der Waals surface area contributed by atoms with Crippen molar-refractivity contribution in [1.82, 2.24) is 4.98 Å². The molecule has 0 aliphatic heterocycles. The van der Waals surface area contributed by atoms with Gasteiger partial charge in [-0.15, -0.1) is 0 Å². The van der Waals surface area contributed by atoms with Gasteiger partial charge in [0.05, 0.1) is 23.7 Å². The maximum atomic E-state index is 13.0. The molecule has 74 valence electrons. The maximum Gasteiger partial charge on any atom is 0.266 e. The Morgan fingerprint density at radius 2 is 2.21 bits per heavy atom. The first-order valence-corrected chi connectivity index (χ1v) is 3.94. The minimum Gasteiger partial charge on any atom is -0.236 e. The standard InChI is InChI=1S/C8H4ClF3N2/c9-7-4(8(11)12)3-5(10)6(14-7)1-2-13/h3,8H,1H2. The van der Waals surface area contributed by atoms with Gasteiger partial charge in [-0.05, 0) is 6.07 Å². The lowest BCUT2D eigenvalue weighted by Crippen LogP contribution is -1.99. The van der Waals surface area contributed by atoms with Gasteiger partial charge in [-0.1, -0.05) is 11.6 Å². The van der Waals surface area contributed by atoms with Gasteiger partial charge in [-0.2, -0.15) is 5.26 Å². The van der Waals surface area contributed by atoms with Crippen molar-refractivity contribution in [2.24, 2.45) is 0 Å². The van der Waals surface area contributed by atoms with E-state index in [1.54, 1.807) is 6.07 Å². The predicted molar refractivity (Wildman–Crippen MR) is 43.5 cm³/mol. The maximum absolute atomic E-state index is 13.0. The van der Waals surface area contributed by atoms with Crippen molar-refractivity contribution in [2.45, 2.75) is 12.8 Å². The van der Waals surface area contributed by atoms with E-state index in [1.165, 1.54) is 0 Å². The number of alkyl halides is 2. The zero-order valence-electron chi connectivity index (χ0n) is 6.77. The first-order chi connectivity index (χ1) is 6.56. The first kappa shape index (κ1) is 10.8. The quantitative estimate of drug-likeness (QED) is 0.719. The van der Waals surface area contributed by atoms with Gasteiger partial charge in [0.1, 0.15) is 11.0 Å². The molecule has 0 aliphatic carbocycles. The van der Waals surface area contributed by atoms with Crippen LogP contribution < -0.4 is 0 Å². The monoisotopic (exact) mass is 220 g/mol. The van der Waals surface area contributed by atoms with Gasteiger partial charge in [0, 0.05) is 0 Å². The molecule has 0 spiro atoms. The van der Waals surface area contributed by atoms with Crippen molar-refractivity contribution in [3.05, 3.63) is 28.3 Å². The first-order valence-electron chi connectivity index (χ1n) is 3.56. The second-order valence-electron chi connectivity index (χ2n) is 2.43. The van der Waals surface area contributed by atoms with Crippen LogP contribution in [0.5, 0.6) is 0 Å². The molecule has 2 nitrogen and oxygen atoms in total. The van der Waals surface area contributed by atoms with Crippen LogP contribution in [0.1, 0.15) is 17.7 Å². The summed E-state index contributed by atoms with van der Waals surface area (Å²) in [5, 5.41) is 7.80. The summed E-state index contributed by atoms with van der Waals surface area (Å²) in [6, 6.07) is 2.26. The number of hydrogen-bond acceptors (Lipinski definition) is 2. The molecule has 1 rings (SSSR count). The van der Waals surface area contributed by atoms with Crippen LogP contribution in [-0.4, -0.2) is 4.98 Å². The highest BCUT2D eigenvalue weighted by molar-refractivity contribution is 6.30. The van der Waals surface area contributed by atoms with E-state index in [1.807, 2.05) is 0 Å². The Balaban J connectivity index is 3.18. The van der Waals surface area contributed by atoms with E-state index >= 15 is 0 Å². The van der Waals surface area contributed by atoms with Gasteiger partial charge in [0.25, 0.3) is 6.43 Å². The molecule has 1 aromatic heterocycles. The Morgan fingerprint density at radius 1 is 1.57 bits per heavy atom.